The van der Waals surface area contributed by atoms with Gasteiger partial charge in [0.05, 0.1) is 41.3 Å². The van der Waals surface area contributed by atoms with E-state index in [1.807, 2.05) is 26.0 Å². The highest BCUT2D eigenvalue weighted by Crippen LogP contribution is 2.39. The molecule has 0 aliphatic rings. The Balaban J connectivity index is 1.60. The van der Waals surface area contributed by atoms with E-state index in [0.29, 0.717) is 34.5 Å². The first-order valence-electron chi connectivity index (χ1n) is 15.2. The molecule has 1 heterocycles. The van der Waals surface area contributed by atoms with Crippen LogP contribution in [-0.4, -0.2) is 45.6 Å². The van der Waals surface area contributed by atoms with E-state index < -0.39 is 16.5 Å². The maximum absolute atomic E-state index is 13.9. The number of nitro benzene ring substituents is 1. The zero-order valence-electron chi connectivity index (χ0n) is 27.1. The summed E-state index contributed by atoms with van der Waals surface area (Å²) in [6.45, 7) is 8.36. The molecule has 0 radical (unpaired) electrons. The van der Waals surface area contributed by atoms with Gasteiger partial charge in [-0.15, -0.1) is 0 Å². The third-order valence-electron chi connectivity index (χ3n) is 7.65. The molecule has 0 unspecified atom stereocenters. The average Bonchev–Trinajstić information content (AvgIpc) is 3.07. The van der Waals surface area contributed by atoms with E-state index in [4.69, 9.17) is 24.3 Å². The van der Waals surface area contributed by atoms with Gasteiger partial charge in [0, 0.05) is 17.2 Å². The summed E-state index contributed by atoms with van der Waals surface area (Å²) in [6, 6.07) is 19.6. The Morgan fingerprint density at radius 1 is 1.06 bits per heavy atom. The summed E-state index contributed by atoms with van der Waals surface area (Å²) in [4.78, 5) is 41.4. The van der Waals surface area contributed by atoms with Gasteiger partial charge < -0.3 is 19.3 Å². The minimum atomic E-state index is -1.07. The normalized spacial score (nSPS) is 11.3. The predicted molar refractivity (Wildman–Crippen MR) is 182 cm³/mol. The molecule has 0 aliphatic carbocycles. The summed E-state index contributed by atoms with van der Waals surface area (Å²) in [5, 5.41) is 26.2. The maximum Gasteiger partial charge on any atom is 0.335 e. The lowest BCUT2D eigenvalue weighted by atomic mass is 9.96. The zero-order chi connectivity index (χ0) is 34.5. The Kier molecular flexibility index (Phi) is 9.83. The number of fused-ring (bicyclic) bond motifs is 1. The van der Waals surface area contributed by atoms with Crippen LogP contribution in [-0.2, 0) is 6.61 Å². The Bertz CT molecular complexity index is 2100. The van der Waals surface area contributed by atoms with Gasteiger partial charge >= 0.3 is 11.7 Å². The van der Waals surface area contributed by atoms with E-state index in [1.54, 1.807) is 36.4 Å². The Morgan fingerprint density at radius 3 is 2.44 bits per heavy atom. The minimum Gasteiger partial charge on any atom is -0.494 e. The second-order valence-electron chi connectivity index (χ2n) is 11.2. The number of methoxy groups -OCH3 is 1. The molecule has 4 aromatic carbocycles. The largest absolute Gasteiger partial charge is 0.494 e. The number of benzene rings is 4. The number of hydrogen-bond acceptors (Lipinski definition) is 9. The van der Waals surface area contributed by atoms with Crippen LogP contribution in [0.5, 0.6) is 17.2 Å². The van der Waals surface area contributed by atoms with Crippen LogP contribution in [0.15, 0.2) is 82.7 Å². The molecule has 0 aliphatic heterocycles. The van der Waals surface area contributed by atoms with Crippen molar-refractivity contribution in [2.24, 2.45) is 5.10 Å². The van der Waals surface area contributed by atoms with Crippen LogP contribution in [0.1, 0.15) is 59.3 Å². The topological polar surface area (TPSA) is 155 Å². The van der Waals surface area contributed by atoms with Crippen LogP contribution in [0.25, 0.3) is 22.3 Å². The molecule has 1 N–H and O–H groups in total. The van der Waals surface area contributed by atoms with Crippen LogP contribution in [0.4, 0.5) is 5.69 Å². The predicted octanol–water partition coefficient (Wildman–Crippen LogP) is 6.97. The molecule has 12 heteroatoms. The molecule has 0 atom stereocenters. The van der Waals surface area contributed by atoms with Gasteiger partial charge in [-0.1, -0.05) is 38.1 Å². The first-order chi connectivity index (χ1) is 23.0. The summed E-state index contributed by atoms with van der Waals surface area (Å²) in [5.74, 6) is 0.0618. The van der Waals surface area contributed by atoms with Crippen molar-refractivity contribution >= 4 is 28.8 Å². The second kappa shape index (κ2) is 14.2. The van der Waals surface area contributed by atoms with Crippen molar-refractivity contribution in [3.63, 3.8) is 0 Å². The summed E-state index contributed by atoms with van der Waals surface area (Å²) >= 11 is 0. The van der Waals surface area contributed by atoms with Crippen LogP contribution in [0.2, 0.25) is 0 Å². The molecule has 5 aromatic rings. The number of aromatic nitrogens is 2. The number of carboxylic acids is 1. The Morgan fingerprint density at radius 2 is 1.79 bits per heavy atom. The van der Waals surface area contributed by atoms with Crippen molar-refractivity contribution in [3.05, 3.63) is 121 Å². The van der Waals surface area contributed by atoms with Crippen molar-refractivity contribution in [1.29, 1.82) is 0 Å². The van der Waals surface area contributed by atoms with E-state index in [1.165, 1.54) is 42.3 Å². The summed E-state index contributed by atoms with van der Waals surface area (Å²) in [7, 11) is 1.35. The van der Waals surface area contributed by atoms with Gasteiger partial charge in [-0.05, 0) is 78.9 Å². The molecule has 0 spiro atoms. The number of rotatable bonds is 12. The van der Waals surface area contributed by atoms with Crippen molar-refractivity contribution in [3.8, 4) is 28.6 Å². The zero-order valence-corrected chi connectivity index (χ0v) is 27.1. The highest BCUT2D eigenvalue weighted by atomic mass is 16.6. The number of aromatic carboxylic acids is 1. The second-order valence-corrected chi connectivity index (χ2v) is 11.2. The molecule has 48 heavy (non-hydrogen) atoms. The molecule has 12 nitrogen and oxygen atoms in total. The third-order valence-corrected chi connectivity index (χ3v) is 7.65. The molecule has 5 rings (SSSR count). The number of ether oxygens (including phenoxy) is 3. The van der Waals surface area contributed by atoms with Crippen LogP contribution >= 0.6 is 0 Å². The summed E-state index contributed by atoms with van der Waals surface area (Å²) < 4.78 is 18.4. The fraction of sp³-hybridized carbons (Fsp3) is 0.222. The number of hydrogen-bond donors (Lipinski definition) is 1. The minimum absolute atomic E-state index is 0.0703. The molecule has 1 aromatic heterocycles. The van der Waals surface area contributed by atoms with Crippen molar-refractivity contribution in [2.45, 2.75) is 40.2 Å². The van der Waals surface area contributed by atoms with E-state index in [2.05, 4.69) is 18.9 Å². The third kappa shape index (κ3) is 6.87. The molecule has 0 saturated heterocycles. The molecule has 246 valence electrons. The van der Waals surface area contributed by atoms with Gasteiger partial charge in [-0.25, -0.2) is 9.78 Å². The molecule has 0 saturated carbocycles. The number of carbonyl (C=O) groups is 1. The smallest absolute Gasteiger partial charge is 0.335 e. The van der Waals surface area contributed by atoms with Gasteiger partial charge in [0.25, 0.3) is 5.56 Å². The lowest BCUT2D eigenvalue weighted by Gasteiger charge is -2.18. The highest BCUT2D eigenvalue weighted by molar-refractivity contribution is 5.87. The number of nitrogens with zero attached hydrogens (tertiary/aromatic N) is 4. The van der Waals surface area contributed by atoms with Crippen LogP contribution < -0.4 is 19.8 Å². The first-order valence-corrected chi connectivity index (χ1v) is 15.2. The summed E-state index contributed by atoms with van der Waals surface area (Å²) in [5.41, 5.74) is 3.14. The monoisotopic (exact) mass is 650 g/mol. The standard InChI is InChI=1S/C36H34N4O8/c1-6-47-31-15-22(4)28(18-27(31)21(2)3)34-38-29-10-8-7-9-26(29)35(41)39(34)37-19-24-16-30(40(44)45)33(32(17-24)46-5)48-20-23-11-13-25(14-12-23)36(42)43/h7-19,21H,6,20H2,1-5H3,(H,42,43). The van der Waals surface area contributed by atoms with Crippen molar-refractivity contribution < 1.29 is 29.0 Å². The van der Waals surface area contributed by atoms with E-state index >= 15 is 0 Å². The van der Waals surface area contributed by atoms with Crippen LogP contribution in [0.3, 0.4) is 0 Å². The number of carboxylic acid groups (broad SMARTS) is 1. The van der Waals surface area contributed by atoms with Crippen molar-refractivity contribution in [1.82, 2.24) is 9.66 Å². The molecule has 0 bridgehead atoms. The Labute approximate surface area is 276 Å². The fourth-order valence-electron chi connectivity index (χ4n) is 5.21. The van der Waals surface area contributed by atoms with E-state index in [-0.39, 0.29) is 40.8 Å². The van der Waals surface area contributed by atoms with Gasteiger partial charge in [-0.2, -0.15) is 9.78 Å². The fourth-order valence-corrected chi connectivity index (χ4v) is 5.21. The Hall–Kier alpha value is -6.04. The van der Waals surface area contributed by atoms with Crippen molar-refractivity contribution in [2.75, 3.05) is 13.7 Å². The maximum atomic E-state index is 13.9. The molecule has 0 fully saturated rings. The molecular weight excluding hydrogens is 616 g/mol. The molecule has 0 amide bonds. The number of para-hydroxylation sites is 1. The number of aryl methyl sites for hydroxylation is 1. The van der Waals surface area contributed by atoms with Gasteiger partial charge in [-0.3, -0.25) is 14.9 Å². The summed E-state index contributed by atoms with van der Waals surface area (Å²) in [6.07, 6.45) is 1.33. The lowest BCUT2D eigenvalue weighted by molar-refractivity contribution is -0.386. The van der Waals surface area contributed by atoms with Gasteiger partial charge in [0.15, 0.2) is 11.6 Å². The van der Waals surface area contributed by atoms with E-state index in [0.717, 1.165) is 16.9 Å². The highest BCUT2D eigenvalue weighted by Gasteiger charge is 2.23. The average molecular weight is 651 g/mol. The van der Waals surface area contributed by atoms with E-state index in [9.17, 15) is 19.7 Å². The van der Waals surface area contributed by atoms with Crippen LogP contribution in [0, 0.1) is 17.0 Å². The lowest BCUT2D eigenvalue weighted by Crippen LogP contribution is -2.21. The SMILES string of the molecule is CCOc1cc(C)c(-c2nc3ccccc3c(=O)n2N=Cc2cc(OC)c(OCc3ccc(C(=O)O)cc3)c([N+](=O)[O-])c2)cc1C(C)C. The molecular formula is C36H34N4O8. The first kappa shape index (κ1) is 33.3. The number of nitro groups is 1. The van der Waals surface area contributed by atoms with Gasteiger partial charge in [0.2, 0.25) is 5.75 Å². The van der Waals surface area contributed by atoms with Gasteiger partial charge in [0.1, 0.15) is 12.4 Å². The quantitative estimate of drug-likeness (QED) is 0.0856.